The lowest BCUT2D eigenvalue weighted by Gasteiger charge is -2.10. The first kappa shape index (κ1) is 23.7. The van der Waals surface area contributed by atoms with E-state index in [4.69, 9.17) is 9.47 Å². The van der Waals surface area contributed by atoms with E-state index in [1.807, 2.05) is 53.9 Å². The summed E-state index contributed by atoms with van der Waals surface area (Å²) in [4.78, 5) is 23.1. The molecule has 1 amide bonds. The number of nitrogens with zero attached hydrogens (tertiary/aromatic N) is 1. The van der Waals surface area contributed by atoms with E-state index >= 15 is 0 Å². The predicted molar refractivity (Wildman–Crippen MR) is 132 cm³/mol. The molecule has 7 nitrogen and oxygen atoms in total. The number of methoxy groups -OCH3 is 1. The van der Waals surface area contributed by atoms with Crippen LogP contribution in [0.25, 0.3) is 0 Å². The second kappa shape index (κ2) is 12.2. The Balaban J connectivity index is 1.42. The van der Waals surface area contributed by atoms with Gasteiger partial charge >= 0.3 is 5.97 Å². The molecule has 1 aliphatic rings. The number of halogens is 1. The Hall–Kier alpha value is -1.92. The molecule has 0 radical (unpaired) electrons. The smallest absolute Gasteiger partial charge is 0.343 e. The van der Waals surface area contributed by atoms with Gasteiger partial charge in [-0.15, -0.1) is 23.5 Å². The number of carbonyl (C=O) groups excluding carboxylic acids is 2. The maximum atomic E-state index is 12.0. The van der Waals surface area contributed by atoms with Gasteiger partial charge in [-0.2, -0.15) is 5.10 Å². The van der Waals surface area contributed by atoms with Gasteiger partial charge in [-0.3, -0.25) is 4.79 Å². The van der Waals surface area contributed by atoms with Gasteiger partial charge in [-0.05, 0) is 64.0 Å². The number of nitrogens with one attached hydrogen (secondary N) is 1. The lowest BCUT2D eigenvalue weighted by Crippen LogP contribution is -2.24. The maximum Gasteiger partial charge on any atom is 0.343 e. The average Bonchev–Trinajstić information content (AvgIpc) is 3.32. The Bertz CT molecular complexity index is 934. The van der Waals surface area contributed by atoms with Crippen LogP contribution in [0.1, 0.15) is 15.7 Å². The van der Waals surface area contributed by atoms with Crippen molar-refractivity contribution >= 4 is 64.2 Å². The monoisotopic (exact) mass is 572 g/mol. The quantitative estimate of drug-likeness (QED) is 0.212. The van der Waals surface area contributed by atoms with Crippen molar-refractivity contribution < 1.29 is 23.8 Å². The summed E-state index contributed by atoms with van der Waals surface area (Å²) in [6, 6.07) is 13.2. The van der Waals surface area contributed by atoms with Crippen molar-refractivity contribution in [2.75, 3.05) is 31.8 Å². The van der Waals surface area contributed by atoms with Crippen molar-refractivity contribution in [3.05, 3.63) is 57.2 Å². The summed E-state index contributed by atoms with van der Waals surface area (Å²) in [6.45, 7) is -0.279. The zero-order valence-corrected chi connectivity index (χ0v) is 20.5. The molecule has 0 unspecified atom stereocenters. The van der Waals surface area contributed by atoms with Crippen molar-refractivity contribution in [2.24, 2.45) is 5.10 Å². The van der Waals surface area contributed by atoms with Crippen LogP contribution < -0.4 is 14.9 Å². The summed E-state index contributed by atoms with van der Waals surface area (Å²) in [7, 11) is 1.31. The van der Waals surface area contributed by atoms with Gasteiger partial charge in [0.25, 0.3) is 5.91 Å². The van der Waals surface area contributed by atoms with Gasteiger partial charge in [0.15, 0.2) is 13.2 Å². The number of esters is 1. The largest absolute Gasteiger partial charge is 0.484 e. The minimum atomic E-state index is -0.450. The number of amides is 1. The first-order chi connectivity index (χ1) is 15.0. The normalized spacial score (nSPS) is 13.9. The van der Waals surface area contributed by atoms with Gasteiger partial charge in [-0.1, -0.05) is 12.1 Å². The molecule has 0 aliphatic carbocycles. The Kier molecular flexibility index (Phi) is 9.34. The molecule has 0 spiro atoms. The molecule has 1 heterocycles. The first-order valence-corrected chi connectivity index (χ1v) is 12.5. The van der Waals surface area contributed by atoms with Crippen LogP contribution in [0.2, 0.25) is 0 Å². The fraction of sp³-hybridized carbons (Fsp3) is 0.286. The molecule has 0 aromatic heterocycles. The fourth-order valence-corrected chi connectivity index (χ4v) is 6.10. The van der Waals surface area contributed by atoms with E-state index in [0.29, 0.717) is 16.1 Å². The van der Waals surface area contributed by atoms with Crippen LogP contribution in [0, 0.1) is 3.57 Å². The van der Waals surface area contributed by atoms with Crippen molar-refractivity contribution in [2.45, 2.75) is 4.58 Å². The molecule has 3 rings (SSSR count). The standard InChI is InChI=1S/C21H21IN2O5S2/c1-27-20(26)13-29-18-7-2-14(10-17(18)22)11-23-24-19(25)12-28-16-5-3-15(4-6-16)21-30-8-9-31-21/h2-7,10-11,21H,8-9,12-13H2,1H3,(H,24,25)/b23-11-. The van der Waals surface area contributed by atoms with Crippen LogP contribution in [0.4, 0.5) is 0 Å². The fourth-order valence-electron chi connectivity index (χ4n) is 2.54. The topological polar surface area (TPSA) is 86.2 Å². The Morgan fingerprint density at radius 3 is 2.55 bits per heavy atom. The molecule has 31 heavy (non-hydrogen) atoms. The van der Waals surface area contributed by atoms with Crippen molar-refractivity contribution in [3.63, 3.8) is 0 Å². The van der Waals surface area contributed by atoms with Gasteiger partial charge in [0, 0.05) is 11.5 Å². The lowest BCUT2D eigenvalue weighted by molar-refractivity contribution is -0.142. The van der Waals surface area contributed by atoms with E-state index in [2.05, 4.69) is 37.9 Å². The third-order valence-corrected chi connectivity index (χ3v) is 8.02. The second-order valence-electron chi connectivity index (χ2n) is 6.28. The second-order valence-corrected chi connectivity index (χ2v) is 10.2. The summed E-state index contributed by atoms with van der Waals surface area (Å²) in [6.07, 6.45) is 1.52. The highest BCUT2D eigenvalue weighted by Gasteiger charge is 2.18. The highest BCUT2D eigenvalue weighted by molar-refractivity contribution is 14.1. The van der Waals surface area contributed by atoms with Crippen LogP contribution in [-0.4, -0.2) is 49.9 Å². The van der Waals surface area contributed by atoms with Gasteiger partial charge in [0.2, 0.25) is 0 Å². The molecule has 2 aromatic carbocycles. The van der Waals surface area contributed by atoms with Crippen molar-refractivity contribution in [1.82, 2.24) is 5.43 Å². The Labute approximate surface area is 202 Å². The predicted octanol–water partition coefficient (Wildman–Crippen LogP) is 3.85. The number of hydrazone groups is 1. The molecule has 1 saturated heterocycles. The molecule has 0 saturated carbocycles. The van der Waals surface area contributed by atoms with Crippen molar-refractivity contribution in [1.29, 1.82) is 0 Å². The molecular weight excluding hydrogens is 551 g/mol. The van der Waals surface area contributed by atoms with Crippen LogP contribution >= 0.6 is 46.1 Å². The summed E-state index contributed by atoms with van der Waals surface area (Å²) in [5.41, 5.74) is 4.48. The number of rotatable bonds is 9. The zero-order valence-electron chi connectivity index (χ0n) is 16.7. The van der Waals surface area contributed by atoms with E-state index in [1.54, 1.807) is 12.1 Å². The number of carbonyl (C=O) groups is 2. The summed E-state index contributed by atoms with van der Waals surface area (Å²) >= 11 is 5.99. The first-order valence-electron chi connectivity index (χ1n) is 9.32. The number of ether oxygens (including phenoxy) is 3. The SMILES string of the molecule is COC(=O)COc1ccc(/C=N\NC(=O)COc2ccc(C3SCCS3)cc2)cc1I. The summed E-state index contributed by atoms with van der Waals surface area (Å²) in [5, 5.41) is 3.95. The number of hydrogen-bond donors (Lipinski definition) is 1. The van der Waals surface area contributed by atoms with E-state index in [1.165, 1.54) is 30.4 Å². The molecule has 1 aliphatic heterocycles. The van der Waals surface area contributed by atoms with Gasteiger partial charge in [-0.25, -0.2) is 10.2 Å². The summed E-state index contributed by atoms with van der Waals surface area (Å²) < 4.78 is 16.7. The van der Waals surface area contributed by atoms with E-state index in [9.17, 15) is 9.59 Å². The van der Waals surface area contributed by atoms with Crippen LogP contribution in [0.15, 0.2) is 47.6 Å². The van der Waals surface area contributed by atoms with Crippen LogP contribution in [0.5, 0.6) is 11.5 Å². The molecule has 0 atom stereocenters. The van der Waals surface area contributed by atoms with E-state index in [0.717, 1.165) is 9.13 Å². The van der Waals surface area contributed by atoms with Gasteiger partial charge < -0.3 is 14.2 Å². The Morgan fingerprint density at radius 1 is 1.13 bits per heavy atom. The lowest BCUT2D eigenvalue weighted by atomic mass is 10.2. The number of benzene rings is 2. The minimum absolute atomic E-state index is 0.124. The van der Waals surface area contributed by atoms with E-state index in [-0.39, 0.29) is 19.1 Å². The molecule has 0 bridgehead atoms. The third-order valence-electron chi connectivity index (χ3n) is 4.08. The molecular formula is C21H21IN2O5S2. The Morgan fingerprint density at radius 2 is 1.87 bits per heavy atom. The van der Waals surface area contributed by atoms with E-state index < -0.39 is 5.97 Å². The molecule has 1 fully saturated rings. The number of thioether (sulfide) groups is 2. The maximum absolute atomic E-state index is 12.0. The zero-order chi connectivity index (χ0) is 22.1. The van der Waals surface area contributed by atoms with Crippen molar-refractivity contribution in [3.8, 4) is 11.5 Å². The highest BCUT2D eigenvalue weighted by Crippen LogP contribution is 2.45. The molecule has 10 heteroatoms. The minimum Gasteiger partial charge on any atom is -0.484 e. The van der Waals surface area contributed by atoms with Gasteiger partial charge in [0.05, 0.1) is 21.5 Å². The number of hydrogen-bond acceptors (Lipinski definition) is 8. The summed E-state index contributed by atoms with van der Waals surface area (Å²) in [5.74, 6) is 2.77. The third kappa shape index (κ3) is 7.62. The van der Waals surface area contributed by atoms with Gasteiger partial charge in [0.1, 0.15) is 11.5 Å². The molecule has 1 N–H and O–H groups in total. The van der Waals surface area contributed by atoms with Crippen LogP contribution in [0.3, 0.4) is 0 Å². The molecule has 2 aromatic rings. The van der Waals surface area contributed by atoms with Crippen LogP contribution in [-0.2, 0) is 14.3 Å². The average molecular weight is 572 g/mol. The molecule has 164 valence electrons. The highest BCUT2D eigenvalue weighted by atomic mass is 127.